The average Bonchev–Trinajstić information content (AvgIpc) is 2.94. The molecule has 0 saturated carbocycles. The van der Waals surface area contributed by atoms with Gasteiger partial charge in [0.15, 0.2) is 0 Å². The van der Waals surface area contributed by atoms with Gasteiger partial charge in [-0.15, -0.1) is 0 Å². The molecule has 0 aliphatic rings. The molecule has 0 atom stereocenters. The van der Waals surface area contributed by atoms with Crippen LogP contribution in [0.3, 0.4) is 0 Å². The first-order chi connectivity index (χ1) is 9.04. The molecule has 0 radical (unpaired) electrons. The summed E-state index contributed by atoms with van der Waals surface area (Å²) in [5.41, 5.74) is 0.659. The summed E-state index contributed by atoms with van der Waals surface area (Å²) in [4.78, 5) is 0. The fraction of sp³-hybridized carbons (Fsp3) is 0.400. The molecular weight excluding hydrogens is 266 g/mol. The van der Waals surface area contributed by atoms with Gasteiger partial charge in [-0.2, -0.15) is 19.0 Å². The van der Waals surface area contributed by atoms with E-state index in [0.717, 1.165) is 10.9 Å². The minimum Gasteiger partial charge on any atom is -0.364 e. The molecule has 0 amide bonds. The Bertz CT molecular complexity index is 521. The molecule has 0 unspecified atom stereocenters. The summed E-state index contributed by atoms with van der Waals surface area (Å²) in [7, 11) is 0. The molecule has 5 nitrogen and oxygen atoms in total. The molecule has 9 heteroatoms. The Balaban J connectivity index is 1.89. The van der Waals surface area contributed by atoms with Gasteiger partial charge >= 0.3 is 6.55 Å². The highest BCUT2D eigenvalue weighted by molar-refractivity contribution is 5.33. The van der Waals surface area contributed by atoms with Gasteiger partial charge in [0.2, 0.25) is 0 Å². The number of nitrogens with zero attached hydrogens (tertiary/aromatic N) is 4. The van der Waals surface area contributed by atoms with Gasteiger partial charge in [0.1, 0.15) is 12.4 Å². The van der Waals surface area contributed by atoms with Crippen molar-refractivity contribution >= 4 is 5.82 Å². The first-order valence-electron chi connectivity index (χ1n) is 5.41. The SMILES string of the molecule is FC(F)Cn1cc(CNc2ccn(C(F)F)n2)cn1. The minimum atomic E-state index is -2.69. The van der Waals surface area contributed by atoms with Crippen LogP contribution in [0.25, 0.3) is 0 Å². The predicted octanol–water partition coefficient (Wildman–Crippen LogP) is 2.35. The van der Waals surface area contributed by atoms with E-state index in [1.54, 1.807) is 0 Å². The number of hydrogen-bond acceptors (Lipinski definition) is 3. The summed E-state index contributed by atoms with van der Waals surface area (Å²) in [6, 6.07) is 1.40. The predicted molar refractivity (Wildman–Crippen MR) is 59.0 cm³/mol. The summed E-state index contributed by atoms with van der Waals surface area (Å²) in [5, 5.41) is 10.1. The third-order valence-corrected chi connectivity index (χ3v) is 2.29. The smallest absolute Gasteiger partial charge is 0.333 e. The second kappa shape index (κ2) is 5.72. The van der Waals surface area contributed by atoms with Crippen molar-refractivity contribution in [3.63, 3.8) is 0 Å². The molecule has 0 spiro atoms. The van der Waals surface area contributed by atoms with Crippen molar-refractivity contribution in [2.75, 3.05) is 5.32 Å². The Morgan fingerprint density at radius 2 is 2.05 bits per heavy atom. The van der Waals surface area contributed by atoms with Crippen LogP contribution in [-0.4, -0.2) is 26.0 Å². The Hall–Kier alpha value is -2.06. The summed E-state index contributed by atoms with van der Waals surface area (Å²) in [6.07, 6.45) is 1.57. The minimum absolute atomic E-state index is 0.267. The molecule has 2 rings (SSSR count). The van der Waals surface area contributed by atoms with Gasteiger partial charge in [0, 0.05) is 30.6 Å². The van der Waals surface area contributed by atoms with E-state index in [2.05, 4.69) is 15.5 Å². The molecular formula is C10H11F4N5. The molecule has 0 fully saturated rings. The third-order valence-electron chi connectivity index (χ3n) is 2.29. The Morgan fingerprint density at radius 3 is 2.68 bits per heavy atom. The van der Waals surface area contributed by atoms with Crippen molar-refractivity contribution in [1.29, 1.82) is 0 Å². The van der Waals surface area contributed by atoms with Gasteiger partial charge in [-0.3, -0.25) is 4.68 Å². The quantitative estimate of drug-likeness (QED) is 0.824. The fourth-order valence-electron chi connectivity index (χ4n) is 1.47. The van der Waals surface area contributed by atoms with Gasteiger partial charge in [-0.1, -0.05) is 0 Å². The molecule has 2 aromatic rings. The zero-order valence-corrected chi connectivity index (χ0v) is 9.68. The number of nitrogens with one attached hydrogen (secondary N) is 1. The monoisotopic (exact) mass is 277 g/mol. The van der Waals surface area contributed by atoms with Crippen LogP contribution in [0.5, 0.6) is 0 Å². The maximum Gasteiger partial charge on any atom is 0.333 e. The number of aromatic nitrogens is 4. The van der Waals surface area contributed by atoms with Crippen molar-refractivity contribution in [3.8, 4) is 0 Å². The van der Waals surface area contributed by atoms with Crippen molar-refractivity contribution in [2.45, 2.75) is 26.1 Å². The molecule has 0 aliphatic carbocycles. The Morgan fingerprint density at radius 1 is 1.26 bits per heavy atom. The van der Waals surface area contributed by atoms with Crippen molar-refractivity contribution < 1.29 is 17.6 Å². The lowest BCUT2D eigenvalue weighted by Crippen LogP contribution is -2.06. The summed E-state index contributed by atoms with van der Waals surface area (Å²) in [5.74, 6) is 0.280. The van der Waals surface area contributed by atoms with E-state index in [0.29, 0.717) is 10.2 Å². The second-order valence-electron chi connectivity index (χ2n) is 3.77. The lowest BCUT2D eigenvalue weighted by Gasteiger charge is -2.01. The first kappa shape index (κ1) is 13.4. The maximum absolute atomic E-state index is 12.3. The zero-order valence-electron chi connectivity index (χ0n) is 9.68. The highest BCUT2D eigenvalue weighted by Crippen LogP contribution is 2.12. The Labute approximate surface area is 105 Å². The fourth-order valence-corrected chi connectivity index (χ4v) is 1.47. The molecule has 0 aromatic carbocycles. The molecule has 0 bridgehead atoms. The number of halogens is 4. The van der Waals surface area contributed by atoms with Crippen molar-refractivity contribution in [1.82, 2.24) is 19.6 Å². The lowest BCUT2D eigenvalue weighted by atomic mass is 10.3. The van der Waals surface area contributed by atoms with Crippen LogP contribution in [0.1, 0.15) is 12.1 Å². The van der Waals surface area contributed by atoms with E-state index in [1.165, 1.54) is 18.5 Å². The normalized spacial score (nSPS) is 11.5. The van der Waals surface area contributed by atoms with Gasteiger partial charge in [0.25, 0.3) is 6.43 Å². The van der Waals surface area contributed by atoms with E-state index in [1.807, 2.05) is 0 Å². The molecule has 0 saturated heterocycles. The van der Waals surface area contributed by atoms with Gasteiger partial charge in [0.05, 0.1) is 6.20 Å². The topological polar surface area (TPSA) is 47.7 Å². The highest BCUT2D eigenvalue weighted by Gasteiger charge is 2.08. The van der Waals surface area contributed by atoms with E-state index < -0.39 is 19.5 Å². The van der Waals surface area contributed by atoms with Gasteiger partial charge < -0.3 is 5.32 Å². The van der Waals surface area contributed by atoms with Crippen LogP contribution in [-0.2, 0) is 13.1 Å². The van der Waals surface area contributed by atoms with E-state index in [9.17, 15) is 17.6 Å². The van der Waals surface area contributed by atoms with Crippen LogP contribution in [0.4, 0.5) is 23.4 Å². The lowest BCUT2D eigenvalue weighted by molar-refractivity contribution is 0.0569. The van der Waals surface area contributed by atoms with Crippen LogP contribution < -0.4 is 5.32 Å². The molecule has 104 valence electrons. The summed E-state index contributed by atoms with van der Waals surface area (Å²) < 4.78 is 50.4. The zero-order chi connectivity index (χ0) is 13.8. The van der Waals surface area contributed by atoms with Crippen LogP contribution in [0.15, 0.2) is 24.7 Å². The number of alkyl halides is 4. The standard InChI is InChI=1S/C10H11F4N5/c11-8(12)6-18-5-7(4-16-18)3-15-9-1-2-19(17-9)10(13)14/h1-2,4-5,8,10H,3,6H2,(H,15,17). The van der Waals surface area contributed by atoms with Crippen LogP contribution >= 0.6 is 0 Å². The van der Waals surface area contributed by atoms with Crippen molar-refractivity contribution in [3.05, 3.63) is 30.2 Å². The first-order valence-corrected chi connectivity index (χ1v) is 5.41. The highest BCUT2D eigenvalue weighted by atomic mass is 19.3. The van der Waals surface area contributed by atoms with Crippen molar-refractivity contribution in [2.24, 2.45) is 0 Å². The molecule has 2 aromatic heterocycles. The Kier molecular flexibility index (Phi) is 4.03. The second-order valence-corrected chi connectivity index (χ2v) is 3.77. The molecule has 1 N–H and O–H groups in total. The van der Waals surface area contributed by atoms with E-state index >= 15 is 0 Å². The van der Waals surface area contributed by atoms with Gasteiger partial charge in [-0.25, -0.2) is 13.5 Å². The molecule has 19 heavy (non-hydrogen) atoms. The number of anilines is 1. The molecule has 2 heterocycles. The summed E-state index contributed by atoms with van der Waals surface area (Å²) >= 11 is 0. The summed E-state index contributed by atoms with van der Waals surface area (Å²) in [6.45, 7) is -2.90. The molecule has 0 aliphatic heterocycles. The van der Waals surface area contributed by atoms with Crippen LogP contribution in [0.2, 0.25) is 0 Å². The number of hydrogen-bond donors (Lipinski definition) is 1. The number of rotatable bonds is 6. The van der Waals surface area contributed by atoms with Crippen LogP contribution in [0, 0.1) is 0 Å². The maximum atomic E-state index is 12.3. The average molecular weight is 277 g/mol. The van der Waals surface area contributed by atoms with E-state index in [-0.39, 0.29) is 12.4 Å². The largest absolute Gasteiger partial charge is 0.364 e. The van der Waals surface area contributed by atoms with Gasteiger partial charge in [-0.05, 0) is 0 Å². The van der Waals surface area contributed by atoms with E-state index in [4.69, 9.17) is 0 Å². The third kappa shape index (κ3) is 3.70.